The van der Waals surface area contributed by atoms with E-state index < -0.39 is 0 Å². The standard InChI is InChI=1S/C15H18N2OS2/c1-2-19-14-12-7-3-4-8-13(12)17(15(18)16-14)10-11-6-5-9-20-11/h5-6,9H,2-4,7-8,10H2,1H3. The van der Waals surface area contributed by atoms with E-state index in [-0.39, 0.29) is 5.69 Å². The van der Waals surface area contributed by atoms with Crippen molar-refractivity contribution in [2.75, 3.05) is 5.75 Å². The van der Waals surface area contributed by atoms with Crippen LogP contribution in [0.4, 0.5) is 0 Å². The van der Waals surface area contributed by atoms with Gasteiger partial charge in [-0.05, 0) is 42.9 Å². The smallest absolute Gasteiger partial charge is 0.291 e. The van der Waals surface area contributed by atoms with Crippen molar-refractivity contribution in [2.45, 2.75) is 44.2 Å². The highest BCUT2D eigenvalue weighted by Gasteiger charge is 2.20. The number of rotatable bonds is 4. The van der Waals surface area contributed by atoms with E-state index in [1.165, 1.54) is 29.0 Å². The summed E-state index contributed by atoms with van der Waals surface area (Å²) in [5.74, 6) is 0.966. The summed E-state index contributed by atoms with van der Waals surface area (Å²) in [5.41, 5.74) is 2.45. The van der Waals surface area contributed by atoms with Crippen LogP contribution in [0.3, 0.4) is 0 Å². The van der Waals surface area contributed by atoms with E-state index in [1.807, 2.05) is 10.6 Å². The van der Waals surface area contributed by atoms with Crippen LogP contribution in [-0.4, -0.2) is 15.3 Å². The number of thiophene rings is 1. The fraction of sp³-hybridized carbons (Fsp3) is 0.467. The van der Waals surface area contributed by atoms with E-state index in [0.29, 0.717) is 6.54 Å². The van der Waals surface area contributed by atoms with Gasteiger partial charge in [0, 0.05) is 16.1 Å². The molecule has 1 aliphatic rings. The van der Waals surface area contributed by atoms with E-state index in [2.05, 4.69) is 23.4 Å². The Balaban J connectivity index is 2.07. The number of hydrogen-bond acceptors (Lipinski definition) is 4. The van der Waals surface area contributed by atoms with Gasteiger partial charge in [0.25, 0.3) is 0 Å². The SMILES string of the molecule is CCSc1nc(=O)n(Cc2cccs2)c2c1CCCC2. The highest BCUT2D eigenvalue weighted by molar-refractivity contribution is 7.99. The monoisotopic (exact) mass is 306 g/mol. The van der Waals surface area contributed by atoms with Crippen molar-refractivity contribution < 1.29 is 0 Å². The Bertz CT molecular complexity index is 647. The van der Waals surface area contributed by atoms with Gasteiger partial charge < -0.3 is 0 Å². The topological polar surface area (TPSA) is 34.9 Å². The Labute approximate surface area is 127 Å². The van der Waals surface area contributed by atoms with Gasteiger partial charge in [0.2, 0.25) is 0 Å². The largest absolute Gasteiger partial charge is 0.349 e. The molecule has 3 nitrogen and oxygen atoms in total. The normalized spacial score (nSPS) is 14.2. The molecule has 0 N–H and O–H groups in total. The first-order valence-electron chi connectivity index (χ1n) is 7.07. The van der Waals surface area contributed by atoms with Crippen molar-refractivity contribution in [3.63, 3.8) is 0 Å². The molecule has 0 amide bonds. The first-order valence-corrected chi connectivity index (χ1v) is 8.94. The molecule has 106 valence electrons. The summed E-state index contributed by atoms with van der Waals surface area (Å²) in [4.78, 5) is 17.9. The zero-order valence-electron chi connectivity index (χ0n) is 11.6. The number of thioether (sulfide) groups is 1. The summed E-state index contributed by atoms with van der Waals surface area (Å²) >= 11 is 3.40. The van der Waals surface area contributed by atoms with Gasteiger partial charge >= 0.3 is 5.69 Å². The maximum absolute atomic E-state index is 12.4. The Kier molecular flexibility index (Phi) is 4.27. The van der Waals surface area contributed by atoms with Crippen molar-refractivity contribution >= 4 is 23.1 Å². The van der Waals surface area contributed by atoms with Crippen LogP contribution < -0.4 is 5.69 Å². The molecular weight excluding hydrogens is 288 g/mol. The van der Waals surface area contributed by atoms with Gasteiger partial charge in [0.15, 0.2) is 0 Å². The highest BCUT2D eigenvalue weighted by atomic mass is 32.2. The van der Waals surface area contributed by atoms with Crippen LogP contribution in [0, 0.1) is 0 Å². The van der Waals surface area contributed by atoms with Gasteiger partial charge in [-0.25, -0.2) is 4.79 Å². The van der Waals surface area contributed by atoms with Crippen molar-refractivity contribution in [1.82, 2.24) is 9.55 Å². The van der Waals surface area contributed by atoms with Crippen LogP contribution in [0.15, 0.2) is 27.3 Å². The molecule has 0 aliphatic heterocycles. The lowest BCUT2D eigenvalue weighted by Gasteiger charge is -2.22. The van der Waals surface area contributed by atoms with Crippen LogP contribution in [0.2, 0.25) is 0 Å². The second-order valence-corrected chi connectivity index (χ2v) is 7.22. The Morgan fingerprint density at radius 2 is 2.25 bits per heavy atom. The predicted molar refractivity (Wildman–Crippen MR) is 85.0 cm³/mol. The summed E-state index contributed by atoms with van der Waals surface area (Å²) in [6, 6.07) is 4.12. The van der Waals surface area contributed by atoms with E-state index in [0.717, 1.165) is 23.6 Å². The van der Waals surface area contributed by atoms with Crippen molar-refractivity contribution in [1.29, 1.82) is 0 Å². The maximum atomic E-state index is 12.4. The number of fused-ring (bicyclic) bond motifs is 1. The summed E-state index contributed by atoms with van der Waals surface area (Å²) < 4.78 is 1.89. The van der Waals surface area contributed by atoms with Gasteiger partial charge in [0.1, 0.15) is 5.03 Å². The molecule has 2 aromatic rings. The molecule has 5 heteroatoms. The van der Waals surface area contributed by atoms with Crippen LogP contribution in [0.1, 0.15) is 35.9 Å². The minimum atomic E-state index is -0.0880. The summed E-state index contributed by atoms with van der Waals surface area (Å²) in [7, 11) is 0. The summed E-state index contributed by atoms with van der Waals surface area (Å²) in [6.07, 6.45) is 4.46. The quantitative estimate of drug-likeness (QED) is 0.642. The molecule has 0 bridgehead atoms. The summed E-state index contributed by atoms with van der Waals surface area (Å²) in [6.45, 7) is 2.78. The van der Waals surface area contributed by atoms with Crippen LogP contribution in [0.25, 0.3) is 0 Å². The predicted octanol–water partition coefficient (Wildman–Crippen LogP) is 3.34. The van der Waals surface area contributed by atoms with Gasteiger partial charge in [0.05, 0.1) is 6.54 Å². The van der Waals surface area contributed by atoms with Gasteiger partial charge in [-0.1, -0.05) is 13.0 Å². The number of nitrogens with zero attached hydrogens (tertiary/aromatic N) is 2. The van der Waals surface area contributed by atoms with E-state index >= 15 is 0 Å². The average Bonchev–Trinajstić information content (AvgIpc) is 2.96. The minimum Gasteiger partial charge on any atom is -0.291 e. The first-order chi connectivity index (χ1) is 9.79. The molecule has 20 heavy (non-hydrogen) atoms. The molecular formula is C15H18N2OS2. The Morgan fingerprint density at radius 1 is 1.40 bits per heavy atom. The van der Waals surface area contributed by atoms with E-state index in [9.17, 15) is 4.79 Å². The molecule has 0 atom stereocenters. The average molecular weight is 306 g/mol. The first kappa shape index (κ1) is 13.9. The molecule has 0 aromatic carbocycles. The second-order valence-electron chi connectivity index (χ2n) is 4.93. The molecule has 0 saturated carbocycles. The fourth-order valence-corrected chi connectivity index (χ4v) is 4.23. The fourth-order valence-electron chi connectivity index (χ4n) is 2.73. The third kappa shape index (κ3) is 2.69. The zero-order valence-corrected chi connectivity index (χ0v) is 13.2. The van der Waals surface area contributed by atoms with Crippen LogP contribution in [0.5, 0.6) is 0 Å². The minimum absolute atomic E-state index is 0.0880. The molecule has 0 radical (unpaired) electrons. The molecule has 0 saturated heterocycles. The molecule has 2 heterocycles. The highest BCUT2D eigenvalue weighted by Crippen LogP contribution is 2.28. The van der Waals surface area contributed by atoms with Gasteiger partial charge in [-0.15, -0.1) is 23.1 Å². The molecule has 0 unspecified atom stereocenters. The zero-order chi connectivity index (χ0) is 13.9. The van der Waals surface area contributed by atoms with E-state index in [4.69, 9.17) is 0 Å². The van der Waals surface area contributed by atoms with Crippen molar-refractivity contribution in [3.05, 3.63) is 44.1 Å². The van der Waals surface area contributed by atoms with Gasteiger partial charge in [-0.2, -0.15) is 4.98 Å². The van der Waals surface area contributed by atoms with Crippen LogP contribution in [-0.2, 0) is 19.4 Å². The van der Waals surface area contributed by atoms with E-state index in [1.54, 1.807) is 23.1 Å². The second kappa shape index (κ2) is 6.14. The number of aromatic nitrogens is 2. The molecule has 0 spiro atoms. The molecule has 3 rings (SSSR count). The lowest BCUT2D eigenvalue weighted by molar-refractivity contribution is 0.571. The van der Waals surface area contributed by atoms with Crippen molar-refractivity contribution in [2.24, 2.45) is 0 Å². The third-order valence-electron chi connectivity index (χ3n) is 3.63. The van der Waals surface area contributed by atoms with Gasteiger partial charge in [-0.3, -0.25) is 4.57 Å². The lowest BCUT2D eigenvalue weighted by Crippen LogP contribution is -2.30. The molecule has 0 fully saturated rings. The molecule has 1 aliphatic carbocycles. The lowest BCUT2D eigenvalue weighted by atomic mass is 9.97. The summed E-state index contributed by atoms with van der Waals surface area (Å²) in [5, 5.41) is 3.02. The third-order valence-corrected chi connectivity index (χ3v) is 5.39. The Hall–Kier alpha value is -1.07. The van der Waals surface area contributed by atoms with Crippen molar-refractivity contribution in [3.8, 4) is 0 Å². The molecule has 2 aromatic heterocycles. The Morgan fingerprint density at radius 3 is 3.00 bits per heavy atom. The van der Waals surface area contributed by atoms with Crippen LogP contribution >= 0.6 is 23.1 Å². The number of hydrogen-bond donors (Lipinski definition) is 0. The maximum Gasteiger partial charge on any atom is 0.349 e.